The van der Waals surface area contributed by atoms with Crippen LogP contribution in [0.3, 0.4) is 0 Å². The minimum Gasteiger partial charge on any atom is -0.496 e. The smallest absolute Gasteiger partial charge is 0.339 e. The zero-order chi connectivity index (χ0) is 14.5. The van der Waals surface area contributed by atoms with Crippen molar-refractivity contribution in [1.82, 2.24) is 0 Å². The second-order valence-corrected chi connectivity index (χ2v) is 4.16. The first-order valence-corrected chi connectivity index (χ1v) is 5.99. The second-order valence-electron chi connectivity index (χ2n) is 4.16. The topological polar surface area (TPSA) is 81.8 Å². The molecule has 104 valence electrons. The summed E-state index contributed by atoms with van der Waals surface area (Å²) in [6.07, 6.45) is 0. The zero-order valence-corrected chi connectivity index (χ0v) is 11.0. The van der Waals surface area contributed by atoms with Crippen LogP contribution in [0.25, 0.3) is 0 Å². The molecule has 5 heteroatoms. The lowest BCUT2D eigenvalue weighted by molar-refractivity contribution is 0.0692. The molecular weight excluding hydrogens is 258 g/mol. The molecule has 0 fully saturated rings. The molecule has 0 aliphatic carbocycles. The zero-order valence-electron chi connectivity index (χ0n) is 11.0. The van der Waals surface area contributed by atoms with Crippen molar-refractivity contribution in [2.45, 2.75) is 6.61 Å². The van der Waals surface area contributed by atoms with E-state index >= 15 is 0 Å². The number of carbonyl (C=O) groups is 1. The minimum absolute atomic E-state index is 0.0416. The number of nitrogen functional groups attached to an aromatic ring is 1. The maximum atomic E-state index is 11.1. The van der Waals surface area contributed by atoms with Crippen LogP contribution < -0.4 is 15.2 Å². The fraction of sp³-hybridized carbons (Fsp3) is 0.133. The van der Waals surface area contributed by atoms with E-state index in [0.29, 0.717) is 11.4 Å². The number of anilines is 1. The van der Waals surface area contributed by atoms with Crippen LogP contribution in [0.2, 0.25) is 0 Å². The van der Waals surface area contributed by atoms with E-state index in [1.165, 1.54) is 6.07 Å². The number of ether oxygens (including phenoxy) is 2. The SMILES string of the molecule is COc1ccccc1COc1ccc(N)cc1C(=O)O. The third-order valence-corrected chi connectivity index (χ3v) is 2.81. The molecule has 0 heterocycles. The lowest BCUT2D eigenvalue weighted by Gasteiger charge is -2.12. The summed E-state index contributed by atoms with van der Waals surface area (Å²) in [6.45, 7) is 0.216. The van der Waals surface area contributed by atoms with Gasteiger partial charge in [-0.25, -0.2) is 4.79 Å². The van der Waals surface area contributed by atoms with Crippen molar-refractivity contribution in [3.63, 3.8) is 0 Å². The van der Waals surface area contributed by atoms with Crippen LogP contribution in [0.15, 0.2) is 42.5 Å². The molecule has 20 heavy (non-hydrogen) atoms. The van der Waals surface area contributed by atoms with Crippen LogP contribution in [0.1, 0.15) is 15.9 Å². The molecule has 0 bridgehead atoms. The normalized spacial score (nSPS) is 10.1. The third-order valence-electron chi connectivity index (χ3n) is 2.81. The predicted octanol–water partition coefficient (Wildman–Crippen LogP) is 2.55. The van der Waals surface area contributed by atoms with Crippen molar-refractivity contribution in [1.29, 1.82) is 0 Å². The van der Waals surface area contributed by atoms with Gasteiger partial charge >= 0.3 is 5.97 Å². The Morgan fingerprint density at radius 3 is 2.65 bits per heavy atom. The van der Waals surface area contributed by atoms with E-state index in [-0.39, 0.29) is 17.9 Å². The molecule has 0 aliphatic heterocycles. The first-order chi connectivity index (χ1) is 9.61. The van der Waals surface area contributed by atoms with Gasteiger partial charge in [-0.15, -0.1) is 0 Å². The van der Waals surface area contributed by atoms with Crippen LogP contribution in [0, 0.1) is 0 Å². The van der Waals surface area contributed by atoms with Gasteiger partial charge in [0.2, 0.25) is 0 Å². The molecule has 0 amide bonds. The largest absolute Gasteiger partial charge is 0.496 e. The molecule has 2 aromatic carbocycles. The predicted molar refractivity (Wildman–Crippen MR) is 75.1 cm³/mol. The molecule has 0 saturated heterocycles. The number of nitrogens with two attached hydrogens (primary N) is 1. The molecule has 5 nitrogen and oxygen atoms in total. The fourth-order valence-corrected chi connectivity index (χ4v) is 1.82. The summed E-state index contributed by atoms with van der Waals surface area (Å²) in [5.74, 6) is -0.107. The average molecular weight is 273 g/mol. The highest BCUT2D eigenvalue weighted by Gasteiger charge is 2.12. The van der Waals surface area contributed by atoms with E-state index in [1.807, 2.05) is 24.3 Å². The summed E-state index contributed by atoms with van der Waals surface area (Å²) < 4.78 is 10.8. The highest BCUT2D eigenvalue weighted by Crippen LogP contribution is 2.24. The molecule has 2 aromatic rings. The maximum Gasteiger partial charge on any atom is 0.339 e. The summed E-state index contributed by atoms with van der Waals surface area (Å²) in [7, 11) is 1.57. The number of benzene rings is 2. The summed E-state index contributed by atoms with van der Waals surface area (Å²) >= 11 is 0. The molecule has 0 aliphatic rings. The Morgan fingerprint density at radius 2 is 1.95 bits per heavy atom. The van der Waals surface area contributed by atoms with Gasteiger partial charge in [-0.1, -0.05) is 18.2 Å². The second kappa shape index (κ2) is 5.97. The molecule has 0 saturated carbocycles. The number of para-hydroxylation sites is 1. The van der Waals surface area contributed by atoms with Gasteiger partial charge in [0.15, 0.2) is 0 Å². The fourth-order valence-electron chi connectivity index (χ4n) is 1.82. The van der Waals surface area contributed by atoms with Crippen molar-refractivity contribution in [3.8, 4) is 11.5 Å². The van der Waals surface area contributed by atoms with E-state index in [2.05, 4.69) is 0 Å². The van der Waals surface area contributed by atoms with Crippen LogP contribution >= 0.6 is 0 Å². The van der Waals surface area contributed by atoms with Gasteiger partial charge in [-0.05, 0) is 24.3 Å². The molecule has 0 aromatic heterocycles. The van der Waals surface area contributed by atoms with Crippen molar-refractivity contribution >= 4 is 11.7 Å². The van der Waals surface area contributed by atoms with Crippen molar-refractivity contribution in [3.05, 3.63) is 53.6 Å². The summed E-state index contributed by atoms with van der Waals surface area (Å²) in [5, 5.41) is 9.13. The van der Waals surface area contributed by atoms with Crippen molar-refractivity contribution < 1.29 is 19.4 Å². The van der Waals surface area contributed by atoms with E-state index in [1.54, 1.807) is 19.2 Å². The number of hydrogen-bond acceptors (Lipinski definition) is 4. The van der Waals surface area contributed by atoms with Gasteiger partial charge in [0.25, 0.3) is 0 Å². The molecule has 0 unspecified atom stereocenters. The number of carboxylic acid groups (broad SMARTS) is 1. The highest BCUT2D eigenvalue weighted by atomic mass is 16.5. The van der Waals surface area contributed by atoms with Crippen LogP contribution in [0.5, 0.6) is 11.5 Å². The van der Waals surface area contributed by atoms with Crippen molar-refractivity contribution in [2.24, 2.45) is 0 Å². The van der Waals surface area contributed by atoms with Crippen LogP contribution in [0.4, 0.5) is 5.69 Å². The number of rotatable bonds is 5. The van der Waals surface area contributed by atoms with E-state index in [9.17, 15) is 4.79 Å². The molecule has 0 atom stereocenters. The van der Waals surface area contributed by atoms with Crippen LogP contribution in [-0.4, -0.2) is 18.2 Å². The standard InChI is InChI=1S/C15H15NO4/c1-19-13-5-3-2-4-10(13)9-20-14-7-6-11(16)8-12(14)15(17)18/h2-8H,9,16H2,1H3,(H,17,18). The number of methoxy groups -OCH3 is 1. The average Bonchev–Trinajstić information content (AvgIpc) is 2.46. The van der Waals surface area contributed by atoms with Gasteiger partial charge in [0.1, 0.15) is 23.7 Å². The van der Waals surface area contributed by atoms with Crippen molar-refractivity contribution in [2.75, 3.05) is 12.8 Å². The quantitative estimate of drug-likeness (QED) is 0.818. The highest BCUT2D eigenvalue weighted by molar-refractivity contribution is 5.92. The van der Waals surface area contributed by atoms with Gasteiger partial charge < -0.3 is 20.3 Å². The van der Waals surface area contributed by atoms with E-state index < -0.39 is 5.97 Å². The number of carboxylic acids is 1. The minimum atomic E-state index is -1.08. The van der Waals surface area contributed by atoms with Crippen LogP contribution in [-0.2, 0) is 6.61 Å². The van der Waals surface area contributed by atoms with Gasteiger partial charge in [-0.2, -0.15) is 0 Å². The first kappa shape index (κ1) is 13.7. The Labute approximate surface area is 116 Å². The van der Waals surface area contributed by atoms with E-state index in [0.717, 1.165) is 5.56 Å². The molecular formula is C15H15NO4. The summed E-state index contributed by atoms with van der Waals surface area (Å²) in [4.78, 5) is 11.1. The Balaban J connectivity index is 2.21. The van der Waals surface area contributed by atoms with Gasteiger partial charge in [0.05, 0.1) is 7.11 Å². The first-order valence-electron chi connectivity index (χ1n) is 5.99. The lowest BCUT2D eigenvalue weighted by Crippen LogP contribution is -2.05. The van der Waals surface area contributed by atoms with Gasteiger partial charge in [-0.3, -0.25) is 0 Å². The Morgan fingerprint density at radius 1 is 1.20 bits per heavy atom. The summed E-state index contributed by atoms with van der Waals surface area (Å²) in [5.41, 5.74) is 6.84. The molecule has 2 rings (SSSR count). The monoisotopic (exact) mass is 273 g/mol. The lowest BCUT2D eigenvalue weighted by atomic mass is 10.1. The third kappa shape index (κ3) is 3.00. The van der Waals surface area contributed by atoms with Gasteiger partial charge in [0, 0.05) is 11.3 Å². The number of aromatic carboxylic acids is 1. The summed E-state index contributed by atoms with van der Waals surface area (Å²) in [6, 6.07) is 11.9. The Bertz CT molecular complexity index is 625. The Kier molecular flexibility index (Phi) is 4.10. The maximum absolute atomic E-state index is 11.1. The Hall–Kier alpha value is -2.69. The van der Waals surface area contributed by atoms with E-state index in [4.69, 9.17) is 20.3 Å². The molecule has 0 radical (unpaired) electrons. The molecule has 3 N–H and O–H groups in total. The number of hydrogen-bond donors (Lipinski definition) is 2. The molecule has 0 spiro atoms.